The Bertz CT molecular complexity index is 814. The molecule has 0 aliphatic carbocycles. The lowest BCUT2D eigenvalue weighted by Crippen LogP contribution is -2.40. The number of amides is 2. The van der Waals surface area contributed by atoms with Crippen LogP contribution < -0.4 is 10.3 Å². The average molecular weight is 396 g/mol. The monoisotopic (exact) mass is 396 g/mol. The maximum atomic E-state index is 12.3. The summed E-state index contributed by atoms with van der Waals surface area (Å²) in [6, 6.07) is 7.14. The fourth-order valence-electron chi connectivity index (χ4n) is 2.95. The van der Waals surface area contributed by atoms with Crippen molar-refractivity contribution in [3.63, 3.8) is 0 Å². The van der Waals surface area contributed by atoms with Gasteiger partial charge in [0.25, 0.3) is 0 Å². The number of anilines is 1. The van der Waals surface area contributed by atoms with Gasteiger partial charge in [-0.05, 0) is 37.1 Å². The number of nitrogens with zero attached hydrogens (tertiary/aromatic N) is 3. The molecule has 0 saturated heterocycles. The number of aliphatic hydroxyl groups is 1. The van der Waals surface area contributed by atoms with E-state index in [4.69, 9.17) is 0 Å². The quantitative estimate of drug-likeness (QED) is 0.496. The Kier molecular flexibility index (Phi) is 7.91. The smallest absolute Gasteiger partial charge is 0.249 e. The summed E-state index contributed by atoms with van der Waals surface area (Å²) in [5, 5.41) is 18.7. The number of hydrogen-bond donors (Lipinski definition) is 2. The Morgan fingerprint density at radius 1 is 1.34 bits per heavy atom. The minimum atomic E-state index is -1.40. The molecule has 1 heterocycles. The van der Waals surface area contributed by atoms with Crippen LogP contribution in [0.25, 0.3) is 0 Å². The van der Waals surface area contributed by atoms with Gasteiger partial charge in [-0.1, -0.05) is 37.4 Å². The minimum absolute atomic E-state index is 0.251. The molecule has 154 valence electrons. The van der Waals surface area contributed by atoms with E-state index in [9.17, 15) is 14.7 Å². The lowest BCUT2D eigenvalue weighted by molar-refractivity contribution is -0.139. The maximum Gasteiger partial charge on any atom is 0.249 e. The van der Waals surface area contributed by atoms with Crippen LogP contribution in [0.2, 0.25) is 0 Å². The molecule has 1 aliphatic rings. The first-order valence-corrected chi connectivity index (χ1v) is 9.47. The molecule has 7 nitrogen and oxygen atoms in total. The summed E-state index contributed by atoms with van der Waals surface area (Å²) in [6.45, 7) is 12.0. The fraction of sp³-hybridized carbons (Fsp3) is 0.318. The van der Waals surface area contributed by atoms with Crippen molar-refractivity contribution in [2.24, 2.45) is 5.10 Å². The first-order chi connectivity index (χ1) is 13.9. The van der Waals surface area contributed by atoms with Gasteiger partial charge >= 0.3 is 0 Å². The second-order valence-corrected chi connectivity index (χ2v) is 6.70. The molecular weight excluding hydrogens is 368 g/mol. The van der Waals surface area contributed by atoms with Gasteiger partial charge in [0.1, 0.15) is 6.10 Å². The van der Waals surface area contributed by atoms with E-state index < -0.39 is 12.0 Å². The van der Waals surface area contributed by atoms with Crippen LogP contribution in [0.3, 0.4) is 0 Å². The van der Waals surface area contributed by atoms with Gasteiger partial charge in [-0.15, -0.1) is 0 Å². The largest absolute Gasteiger partial charge is 0.383 e. The molecule has 2 amide bonds. The molecule has 0 aromatic heterocycles. The van der Waals surface area contributed by atoms with Crippen LogP contribution in [0, 0.1) is 0 Å². The van der Waals surface area contributed by atoms with Gasteiger partial charge in [-0.2, -0.15) is 5.10 Å². The van der Waals surface area contributed by atoms with Crippen LogP contribution in [-0.2, 0) is 9.59 Å². The molecule has 2 rings (SSSR count). The molecule has 0 radical (unpaired) electrons. The summed E-state index contributed by atoms with van der Waals surface area (Å²) < 4.78 is 0. The molecule has 7 heteroatoms. The zero-order chi connectivity index (χ0) is 21.4. The predicted octanol–water partition coefficient (Wildman–Crippen LogP) is 2.53. The lowest BCUT2D eigenvalue weighted by Gasteiger charge is -2.21. The van der Waals surface area contributed by atoms with Crippen molar-refractivity contribution in [3.05, 3.63) is 66.9 Å². The number of benzene rings is 1. The van der Waals surface area contributed by atoms with Crippen LogP contribution in [0.15, 0.2) is 66.4 Å². The molecule has 2 unspecified atom stereocenters. The third kappa shape index (κ3) is 5.89. The standard InChI is InChI=1S/C22H28N4O3/c1-5-17-12-13-25(15-17)21(28)14-20(27)22(29)24-16(4)18-8-10-19(11-9-18)26(7-3)23-6-2/h5-12,16,20,27H,1,3,13-15H2,2,4H3,(H,24,29)/b23-6-. The molecular formula is C22H28N4O3. The maximum absolute atomic E-state index is 12.3. The molecule has 2 N–H and O–H groups in total. The Hall–Kier alpha value is -3.19. The van der Waals surface area contributed by atoms with Gasteiger partial charge in [-0.25, -0.2) is 5.01 Å². The minimum Gasteiger partial charge on any atom is -0.383 e. The predicted molar refractivity (Wildman–Crippen MR) is 115 cm³/mol. The third-order valence-corrected chi connectivity index (χ3v) is 4.66. The number of aliphatic hydroxyl groups excluding tert-OH is 1. The average Bonchev–Trinajstić information content (AvgIpc) is 3.21. The van der Waals surface area contributed by atoms with E-state index in [1.165, 1.54) is 0 Å². The number of hydrogen-bond acceptors (Lipinski definition) is 5. The van der Waals surface area contributed by atoms with E-state index in [0.29, 0.717) is 13.1 Å². The molecule has 2 atom stereocenters. The molecule has 0 saturated carbocycles. The second kappa shape index (κ2) is 10.4. The number of carbonyl (C=O) groups is 2. The molecule has 0 bridgehead atoms. The summed E-state index contributed by atoms with van der Waals surface area (Å²) >= 11 is 0. The Morgan fingerprint density at radius 3 is 2.59 bits per heavy atom. The summed E-state index contributed by atoms with van der Waals surface area (Å²) in [5.41, 5.74) is 2.67. The second-order valence-electron chi connectivity index (χ2n) is 6.70. The SMILES string of the molecule is C=CC1=CCN(C(=O)CC(O)C(=O)NC(C)c2ccc(N(C=C)/N=C\C)cc2)C1. The number of hydrazone groups is 1. The van der Waals surface area contributed by atoms with Crippen LogP contribution in [0.5, 0.6) is 0 Å². The third-order valence-electron chi connectivity index (χ3n) is 4.66. The zero-order valence-corrected chi connectivity index (χ0v) is 16.9. The van der Waals surface area contributed by atoms with E-state index >= 15 is 0 Å². The molecule has 29 heavy (non-hydrogen) atoms. The summed E-state index contributed by atoms with van der Waals surface area (Å²) in [7, 11) is 0. The molecule has 0 spiro atoms. The lowest BCUT2D eigenvalue weighted by atomic mass is 10.1. The topological polar surface area (TPSA) is 85.2 Å². The van der Waals surface area contributed by atoms with Crippen molar-refractivity contribution in [3.8, 4) is 0 Å². The highest BCUT2D eigenvalue weighted by Crippen LogP contribution is 2.20. The van der Waals surface area contributed by atoms with Gasteiger partial charge in [-0.3, -0.25) is 9.59 Å². The summed E-state index contributed by atoms with van der Waals surface area (Å²) in [5.74, 6) is -0.840. The highest BCUT2D eigenvalue weighted by atomic mass is 16.3. The van der Waals surface area contributed by atoms with Crippen molar-refractivity contribution in [2.45, 2.75) is 32.4 Å². The van der Waals surface area contributed by atoms with Crippen LogP contribution in [0.1, 0.15) is 31.9 Å². The molecule has 0 fully saturated rings. The molecule has 1 aliphatic heterocycles. The van der Waals surface area contributed by atoms with Crippen LogP contribution in [-0.4, -0.2) is 47.2 Å². The number of rotatable bonds is 9. The van der Waals surface area contributed by atoms with Gasteiger partial charge in [0, 0.05) is 25.5 Å². The fourth-order valence-corrected chi connectivity index (χ4v) is 2.95. The summed E-state index contributed by atoms with van der Waals surface area (Å²) in [6.07, 6.45) is 5.22. The van der Waals surface area contributed by atoms with Gasteiger partial charge < -0.3 is 15.3 Å². The van der Waals surface area contributed by atoms with Gasteiger partial charge in [0.15, 0.2) is 0 Å². The summed E-state index contributed by atoms with van der Waals surface area (Å²) in [4.78, 5) is 26.1. The van der Waals surface area contributed by atoms with Crippen LogP contribution >= 0.6 is 0 Å². The first kappa shape index (κ1) is 22.1. The van der Waals surface area contributed by atoms with Crippen molar-refractivity contribution in [2.75, 3.05) is 18.1 Å². The van der Waals surface area contributed by atoms with E-state index in [1.807, 2.05) is 44.2 Å². The highest BCUT2D eigenvalue weighted by molar-refractivity contribution is 5.88. The van der Waals surface area contributed by atoms with Gasteiger partial charge in [0.2, 0.25) is 11.8 Å². The van der Waals surface area contributed by atoms with E-state index in [2.05, 4.69) is 23.6 Å². The van der Waals surface area contributed by atoms with Crippen molar-refractivity contribution < 1.29 is 14.7 Å². The number of carbonyl (C=O) groups excluding carboxylic acids is 2. The Morgan fingerprint density at radius 2 is 2.03 bits per heavy atom. The number of nitrogens with one attached hydrogen (secondary N) is 1. The van der Waals surface area contributed by atoms with E-state index in [1.54, 1.807) is 28.4 Å². The van der Waals surface area contributed by atoms with Crippen molar-refractivity contribution in [1.29, 1.82) is 0 Å². The van der Waals surface area contributed by atoms with Gasteiger partial charge in [0.05, 0.1) is 18.2 Å². The normalized spacial score (nSPS) is 15.6. The van der Waals surface area contributed by atoms with Crippen LogP contribution in [0.4, 0.5) is 5.69 Å². The molecule has 1 aromatic rings. The Balaban J connectivity index is 1.90. The first-order valence-electron chi connectivity index (χ1n) is 9.47. The zero-order valence-electron chi connectivity index (χ0n) is 16.9. The highest BCUT2D eigenvalue weighted by Gasteiger charge is 2.25. The van der Waals surface area contributed by atoms with E-state index in [0.717, 1.165) is 16.8 Å². The van der Waals surface area contributed by atoms with Crippen molar-refractivity contribution >= 4 is 23.7 Å². The van der Waals surface area contributed by atoms with Crippen molar-refractivity contribution in [1.82, 2.24) is 10.2 Å². The molecule has 1 aromatic carbocycles. The Labute approximate surface area is 171 Å². The van der Waals surface area contributed by atoms with E-state index in [-0.39, 0.29) is 18.4 Å².